The first-order chi connectivity index (χ1) is 9.81. The molecule has 7 nitrogen and oxygen atoms in total. The van der Waals surface area contributed by atoms with Crippen LogP contribution in [0, 0.1) is 0 Å². The molecule has 0 bridgehead atoms. The van der Waals surface area contributed by atoms with Gasteiger partial charge in [0, 0.05) is 45.7 Å². The van der Waals surface area contributed by atoms with Crippen molar-refractivity contribution in [3.63, 3.8) is 0 Å². The SMILES string of the molecule is CC(=O)N1CCN(C(=O)CN(CCC(=O)O)C(C)C)CC1. The Morgan fingerprint density at radius 2 is 1.62 bits per heavy atom. The highest BCUT2D eigenvalue weighted by Gasteiger charge is 2.24. The molecule has 0 aromatic heterocycles. The predicted molar refractivity (Wildman–Crippen MR) is 77.8 cm³/mol. The summed E-state index contributed by atoms with van der Waals surface area (Å²) in [6.07, 6.45) is 0.0313. The van der Waals surface area contributed by atoms with Crippen LogP contribution in [0.2, 0.25) is 0 Å². The van der Waals surface area contributed by atoms with E-state index in [0.29, 0.717) is 32.7 Å². The van der Waals surface area contributed by atoms with Gasteiger partial charge in [-0.05, 0) is 13.8 Å². The molecule has 1 fully saturated rings. The molecule has 1 N–H and O–H groups in total. The monoisotopic (exact) mass is 299 g/mol. The number of carbonyl (C=O) groups excluding carboxylic acids is 2. The predicted octanol–water partition coefficient (Wildman–Crippen LogP) is -0.138. The van der Waals surface area contributed by atoms with E-state index < -0.39 is 5.97 Å². The van der Waals surface area contributed by atoms with E-state index in [4.69, 9.17) is 5.11 Å². The van der Waals surface area contributed by atoms with Crippen molar-refractivity contribution in [1.29, 1.82) is 0 Å². The summed E-state index contributed by atoms with van der Waals surface area (Å²) >= 11 is 0. The Morgan fingerprint density at radius 3 is 2.05 bits per heavy atom. The van der Waals surface area contributed by atoms with Crippen molar-refractivity contribution in [2.75, 3.05) is 39.3 Å². The average molecular weight is 299 g/mol. The van der Waals surface area contributed by atoms with Gasteiger partial charge in [-0.2, -0.15) is 0 Å². The van der Waals surface area contributed by atoms with Crippen molar-refractivity contribution in [3.8, 4) is 0 Å². The van der Waals surface area contributed by atoms with E-state index >= 15 is 0 Å². The minimum absolute atomic E-state index is 0.00251. The van der Waals surface area contributed by atoms with E-state index in [1.54, 1.807) is 9.80 Å². The van der Waals surface area contributed by atoms with Crippen LogP contribution in [0.15, 0.2) is 0 Å². The minimum atomic E-state index is -0.858. The molecule has 0 radical (unpaired) electrons. The first-order valence-corrected chi connectivity index (χ1v) is 7.30. The molecule has 21 heavy (non-hydrogen) atoms. The average Bonchev–Trinajstić information content (AvgIpc) is 2.42. The molecule has 0 aliphatic carbocycles. The molecule has 0 unspecified atom stereocenters. The summed E-state index contributed by atoms with van der Waals surface area (Å²) in [6, 6.07) is 0.117. The highest BCUT2D eigenvalue weighted by atomic mass is 16.4. The van der Waals surface area contributed by atoms with Crippen LogP contribution in [0.3, 0.4) is 0 Å². The standard InChI is InChI=1S/C14H25N3O4/c1-11(2)17(5-4-14(20)21)10-13(19)16-8-6-15(7-9-16)12(3)18/h11H,4-10H2,1-3H3,(H,20,21). The van der Waals surface area contributed by atoms with Gasteiger partial charge in [-0.25, -0.2) is 0 Å². The van der Waals surface area contributed by atoms with Gasteiger partial charge in [0.25, 0.3) is 0 Å². The number of carboxylic acids is 1. The Hall–Kier alpha value is -1.63. The lowest BCUT2D eigenvalue weighted by atomic mass is 10.2. The molecule has 1 rings (SSSR count). The second-order valence-electron chi connectivity index (χ2n) is 5.59. The van der Waals surface area contributed by atoms with Crippen LogP contribution in [0.25, 0.3) is 0 Å². The van der Waals surface area contributed by atoms with Gasteiger partial charge in [0.2, 0.25) is 11.8 Å². The number of hydrogen-bond donors (Lipinski definition) is 1. The molecule has 0 saturated carbocycles. The second-order valence-corrected chi connectivity index (χ2v) is 5.59. The van der Waals surface area contributed by atoms with Crippen LogP contribution < -0.4 is 0 Å². The first kappa shape index (κ1) is 17.4. The molecule has 0 aromatic rings. The van der Waals surface area contributed by atoms with Gasteiger partial charge in [-0.1, -0.05) is 0 Å². The van der Waals surface area contributed by atoms with Crippen molar-refractivity contribution in [2.24, 2.45) is 0 Å². The van der Waals surface area contributed by atoms with E-state index in [2.05, 4.69) is 0 Å². The molecule has 0 aromatic carbocycles. The number of carboxylic acid groups (broad SMARTS) is 1. The Labute approximate surface area is 125 Å². The van der Waals surface area contributed by atoms with Crippen LogP contribution >= 0.6 is 0 Å². The normalized spacial score (nSPS) is 15.7. The summed E-state index contributed by atoms with van der Waals surface area (Å²) in [4.78, 5) is 39.5. The van der Waals surface area contributed by atoms with Crippen molar-refractivity contribution in [3.05, 3.63) is 0 Å². The number of hydrogen-bond acceptors (Lipinski definition) is 4. The molecule has 1 heterocycles. The van der Waals surface area contributed by atoms with Gasteiger partial charge in [-0.3, -0.25) is 19.3 Å². The van der Waals surface area contributed by atoms with E-state index in [1.165, 1.54) is 6.92 Å². The summed E-state index contributed by atoms with van der Waals surface area (Å²) in [7, 11) is 0. The van der Waals surface area contributed by atoms with E-state index in [9.17, 15) is 14.4 Å². The van der Waals surface area contributed by atoms with Crippen LogP contribution in [-0.4, -0.2) is 82.9 Å². The summed E-state index contributed by atoms with van der Waals surface area (Å²) in [5.74, 6) is -0.826. The van der Waals surface area contributed by atoms with Crippen LogP contribution in [-0.2, 0) is 14.4 Å². The maximum absolute atomic E-state index is 12.3. The lowest BCUT2D eigenvalue weighted by Crippen LogP contribution is -2.52. The third-order valence-electron chi connectivity index (χ3n) is 3.76. The quantitative estimate of drug-likeness (QED) is 0.738. The Kier molecular flexibility index (Phi) is 6.61. The van der Waals surface area contributed by atoms with Gasteiger partial charge in [0.15, 0.2) is 0 Å². The summed E-state index contributed by atoms with van der Waals surface area (Å²) in [6.45, 7) is 8.25. The van der Waals surface area contributed by atoms with Crippen molar-refractivity contribution in [2.45, 2.75) is 33.2 Å². The number of nitrogens with zero attached hydrogens (tertiary/aromatic N) is 3. The van der Waals surface area contributed by atoms with Crippen molar-refractivity contribution in [1.82, 2.24) is 14.7 Å². The maximum Gasteiger partial charge on any atom is 0.304 e. The number of piperazine rings is 1. The third-order valence-corrected chi connectivity index (χ3v) is 3.76. The molecule has 1 saturated heterocycles. The Bertz CT molecular complexity index is 390. The zero-order chi connectivity index (χ0) is 16.0. The van der Waals surface area contributed by atoms with Gasteiger partial charge in [-0.15, -0.1) is 0 Å². The molecule has 2 amide bonds. The number of carbonyl (C=O) groups is 3. The molecule has 1 aliphatic rings. The van der Waals surface area contributed by atoms with Gasteiger partial charge < -0.3 is 14.9 Å². The lowest BCUT2D eigenvalue weighted by molar-refractivity contribution is -0.140. The molecule has 0 spiro atoms. The van der Waals surface area contributed by atoms with E-state index in [0.717, 1.165) is 0 Å². The molecule has 120 valence electrons. The minimum Gasteiger partial charge on any atom is -0.481 e. The molecule has 1 aliphatic heterocycles. The maximum atomic E-state index is 12.3. The Morgan fingerprint density at radius 1 is 1.10 bits per heavy atom. The Balaban J connectivity index is 2.47. The summed E-state index contributed by atoms with van der Waals surface area (Å²) in [5.41, 5.74) is 0. The largest absolute Gasteiger partial charge is 0.481 e. The molecule has 0 atom stereocenters. The zero-order valence-electron chi connectivity index (χ0n) is 13.0. The number of amides is 2. The smallest absolute Gasteiger partial charge is 0.304 e. The second kappa shape index (κ2) is 7.97. The molecular formula is C14H25N3O4. The van der Waals surface area contributed by atoms with E-state index in [-0.39, 0.29) is 30.8 Å². The van der Waals surface area contributed by atoms with E-state index in [1.807, 2.05) is 18.7 Å². The highest BCUT2D eigenvalue weighted by molar-refractivity contribution is 5.79. The third kappa shape index (κ3) is 5.71. The van der Waals surface area contributed by atoms with Gasteiger partial charge in [0.1, 0.15) is 0 Å². The number of rotatable bonds is 6. The first-order valence-electron chi connectivity index (χ1n) is 7.30. The van der Waals surface area contributed by atoms with Crippen LogP contribution in [0.4, 0.5) is 0 Å². The molecule has 7 heteroatoms. The van der Waals surface area contributed by atoms with Crippen molar-refractivity contribution >= 4 is 17.8 Å². The van der Waals surface area contributed by atoms with Crippen LogP contribution in [0.5, 0.6) is 0 Å². The molecular weight excluding hydrogens is 274 g/mol. The van der Waals surface area contributed by atoms with Gasteiger partial charge >= 0.3 is 5.97 Å². The number of aliphatic carboxylic acids is 1. The fourth-order valence-electron chi connectivity index (χ4n) is 2.30. The van der Waals surface area contributed by atoms with Crippen molar-refractivity contribution < 1.29 is 19.5 Å². The summed E-state index contributed by atoms with van der Waals surface area (Å²) < 4.78 is 0. The van der Waals surface area contributed by atoms with Crippen LogP contribution in [0.1, 0.15) is 27.2 Å². The van der Waals surface area contributed by atoms with Gasteiger partial charge in [0.05, 0.1) is 13.0 Å². The highest BCUT2D eigenvalue weighted by Crippen LogP contribution is 2.06. The fourth-order valence-corrected chi connectivity index (χ4v) is 2.30. The lowest BCUT2D eigenvalue weighted by Gasteiger charge is -2.36. The zero-order valence-corrected chi connectivity index (χ0v) is 13.0. The summed E-state index contributed by atoms with van der Waals surface area (Å²) in [5, 5.41) is 8.75. The fraction of sp³-hybridized carbons (Fsp3) is 0.786. The topological polar surface area (TPSA) is 81.2 Å².